The van der Waals surface area contributed by atoms with Crippen LogP contribution in [-0.4, -0.2) is 36.8 Å². The zero-order chi connectivity index (χ0) is 25.8. The SMILES string of the molecule is O=C(NCC1CCC(F)CC1)c1ccc2c(c1)N=C(c1ccc(F)cc1)c1ccccc1N2CCCCl. The number of nitrogens with zero attached hydrogens (tertiary/aromatic N) is 2. The van der Waals surface area contributed by atoms with Gasteiger partial charge in [-0.1, -0.05) is 18.2 Å². The molecule has 37 heavy (non-hydrogen) atoms. The number of carbonyl (C=O) groups is 1. The lowest BCUT2D eigenvalue weighted by atomic mass is 9.88. The van der Waals surface area contributed by atoms with Crippen molar-refractivity contribution in [3.63, 3.8) is 0 Å². The largest absolute Gasteiger partial charge is 0.352 e. The molecule has 0 saturated heterocycles. The van der Waals surface area contributed by atoms with Crippen molar-refractivity contribution in [3.8, 4) is 0 Å². The highest BCUT2D eigenvalue weighted by Crippen LogP contribution is 2.41. The number of rotatable bonds is 7. The van der Waals surface area contributed by atoms with Gasteiger partial charge in [-0.3, -0.25) is 4.79 Å². The molecular weight excluding hydrogens is 492 g/mol. The Morgan fingerprint density at radius 2 is 1.76 bits per heavy atom. The highest BCUT2D eigenvalue weighted by molar-refractivity contribution is 6.19. The summed E-state index contributed by atoms with van der Waals surface area (Å²) in [4.78, 5) is 20.3. The predicted octanol–water partition coefficient (Wildman–Crippen LogP) is 7.33. The fourth-order valence-electron chi connectivity index (χ4n) is 5.15. The Morgan fingerprint density at radius 3 is 2.51 bits per heavy atom. The smallest absolute Gasteiger partial charge is 0.251 e. The van der Waals surface area contributed by atoms with Crippen LogP contribution in [0, 0.1) is 11.7 Å². The monoisotopic (exact) mass is 521 g/mol. The lowest BCUT2D eigenvalue weighted by molar-refractivity contribution is 0.0939. The molecule has 5 rings (SSSR count). The Labute approximate surface area is 221 Å². The lowest BCUT2D eigenvalue weighted by Crippen LogP contribution is -2.31. The molecule has 2 aliphatic rings. The summed E-state index contributed by atoms with van der Waals surface area (Å²) in [6, 6.07) is 19.9. The number of para-hydroxylation sites is 1. The molecule has 1 amide bonds. The number of alkyl halides is 2. The normalized spacial score (nSPS) is 18.9. The van der Waals surface area contributed by atoms with Gasteiger partial charge in [0.1, 0.15) is 12.0 Å². The summed E-state index contributed by atoms with van der Waals surface area (Å²) < 4.78 is 27.2. The van der Waals surface area contributed by atoms with Crippen molar-refractivity contribution in [2.24, 2.45) is 10.9 Å². The van der Waals surface area contributed by atoms with E-state index in [1.165, 1.54) is 12.1 Å². The van der Waals surface area contributed by atoms with E-state index >= 15 is 0 Å². The van der Waals surface area contributed by atoms with Crippen LogP contribution in [-0.2, 0) is 0 Å². The molecule has 4 nitrogen and oxygen atoms in total. The number of halogens is 3. The van der Waals surface area contributed by atoms with Crippen LogP contribution >= 0.6 is 11.6 Å². The summed E-state index contributed by atoms with van der Waals surface area (Å²) in [5.74, 6) is 0.345. The van der Waals surface area contributed by atoms with Crippen LogP contribution in [0.2, 0.25) is 0 Å². The van der Waals surface area contributed by atoms with E-state index < -0.39 is 6.17 Å². The number of fused-ring (bicyclic) bond motifs is 2. The number of benzene rings is 3. The van der Waals surface area contributed by atoms with Gasteiger partial charge in [-0.2, -0.15) is 0 Å². The molecule has 0 spiro atoms. The van der Waals surface area contributed by atoms with Crippen LogP contribution in [0.4, 0.5) is 25.8 Å². The maximum absolute atomic E-state index is 13.7. The topological polar surface area (TPSA) is 44.7 Å². The first kappa shape index (κ1) is 25.4. The van der Waals surface area contributed by atoms with E-state index in [-0.39, 0.29) is 11.7 Å². The minimum absolute atomic E-state index is 0.169. The molecule has 0 bridgehead atoms. The third-order valence-corrected chi connectivity index (χ3v) is 7.44. The standard InChI is InChI=1S/C30H30ClF2N3O/c31-16-3-17-36-27-5-2-1-4-25(27)29(21-8-13-24(33)14-9-21)35-26-18-22(10-15-28(26)36)30(37)34-19-20-6-11-23(32)12-7-20/h1-2,4-5,8-10,13-15,18,20,23H,3,6-7,11-12,16-17,19H2,(H,34,37). The Hall–Kier alpha value is -3.25. The molecule has 0 atom stereocenters. The van der Waals surface area contributed by atoms with E-state index in [1.807, 2.05) is 42.5 Å². The van der Waals surface area contributed by atoms with Gasteiger partial charge in [-0.15, -0.1) is 11.6 Å². The number of anilines is 2. The van der Waals surface area contributed by atoms with Gasteiger partial charge in [0, 0.05) is 35.7 Å². The van der Waals surface area contributed by atoms with Gasteiger partial charge < -0.3 is 10.2 Å². The number of hydrogen-bond acceptors (Lipinski definition) is 3. The minimum atomic E-state index is -0.712. The molecule has 3 aromatic rings. The minimum Gasteiger partial charge on any atom is -0.352 e. The van der Waals surface area contributed by atoms with E-state index in [0.717, 1.165) is 41.8 Å². The first-order valence-electron chi connectivity index (χ1n) is 12.9. The highest BCUT2D eigenvalue weighted by atomic mass is 35.5. The van der Waals surface area contributed by atoms with Crippen LogP contribution < -0.4 is 10.2 Å². The van der Waals surface area contributed by atoms with E-state index in [4.69, 9.17) is 16.6 Å². The van der Waals surface area contributed by atoms with Gasteiger partial charge >= 0.3 is 0 Å². The molecule has 0 unspecified atom stereocenters. The summed E-state index contributed by atoms with van der Waals surface area (Å²) in [5, 5.41) is 3.04. The van der Waals surface area contributed by atoms with Gasteiger partial charge in [0.05, 0.1) is 22.8 Å². The number of hydrogen-bond donors (Lipinski definition) is 1. The molecule has 192 valence electrons. The molecule has 1 aliphatic heterocycles. The van der Waals surface area contributed by atoms with Gasteiger partial charge in [0.15, 0.2) is 0 Å². The molecule has 0 aromatic heterocycles. The van der Waals surface area contributed by atoms with E-state index in [2.05, 4.69) is 10.2 Å². The Balaban J connectivity index is 1.51. The van der Waals surface area contributed by atoms with Crippen molar-refractivity contribution in [2.45, 2.75) is 38.3 Å². The third kappa shape index (κ3) is 5.69. The highest BCUT2D eigenvalue weighted by Gasteiger charge is 2.25. The molecule has 0 radical (unpaired) electrons. The number of carbonyl (C=O) groups excluding carboxylic acids is 1. The summed E-state index contributed by atoms with van der Waals surface area (Å²) in [6.07, 6.45) is 2.79. The van der Waals surface area contributed by atoms with Crippen molar-refractivity contribution in [1.82, 2.24) is 5.32 Å². The van der Waals surface area contributed by atoms with Crippen molar-refractivity contribution in [2.75, 3.05) is 23.9 Å². The Bertz CT molecular complexity index is 1290. The molecule has 7 heteroatoms. The Kier molecular flexibility index (Phi) is 7.85. The maximum atomic E-state index is 13.7. The average Bonchev–Trinajstić information content (AvgIpc) is 3.06. The van der Waals surface area contributed by atoms with Crippen molar-refractivity contribution in [1.29, 1.82) is 0 Å². The zero-order valence-corrected chi connectivity index (χ0v) is 21.4. The van der Waals surface area contributed by atoms with E-state index in [0.29, 0.717) is 54.7 Å². The fraction of sp³-hybridized carbons (Fsp3) is 0.333. The van der Waals surface area contributed by atoms with E-state index in [1.54, 1.807) is 12.1 Å². The molecular formula is C30H30ClF2N3O. The molecule has 1 fully saturated rings. The second-order valence-electron chi connectivity index (χ2n) is 9.71. The number of nitrogens with one attached hydrogen (secondary N) is 1. The predicted molar refractivity (Wildman–Crippen MR) is 146 cm³/mol. The second kappa shape index (κ2) is 11.4. The number of aliphatic imine (C=N–C) groups is 1. The zero-order valence-electron chi connectivity index (χ0n) is 20.6. The fourth-order valence-corrected chi connectivity index (χ4v) is 5.27. The average molecular weight is 522 g/mol. The third-order valence-electron chi connectivity index (χ3n) is 7.17. The van der Waals surface area contributed by atoms with E-state index in [9.17, 15) is 13.6 Å². The van der Waals surface area contributed by atoms with Gasteiger partial charge in [-0.25, -0.2) is 13.8 Å². The van der Waals surface area contributed by atoms with Crippen LogP contribution in [0.5, 0.6) is 0 Å². The van der Waals surface area contributed by atoms with Gasteiger partial charge in [-0.05, 0) is 86.6 Å². The van der Waals surface area contributed by atoms with Gasteiger partial charge in [0.25, 0.3) is 5.91 Å². The summed E-state index contributed by atoms with van der Waals surface area (Å²) in [5.41, 5.74) is 5.47. The van der Waals surface area contributed by atoms with Crippen LogP contribution in [0.25, 0.3) is 0 Å². The van der Waals surface area contributed by atoms with Crippen molar-refractivity contribution >= 4 is 40.3 Å². The van der Waals surface area contributed by atoms with Gasteiger partial charge in [0.2, 0.25) is 0 Å². The summed E-state index contributed by atoms with van der Waals surface area (Å²) in [7, 11) is 0. The van der Waals surface area contributed by atoms with Crippen molar-refractivity contribution in [3.05, 3.63) is 89.2 Å². The first-order valence-corrected chi connectivity index (χ1v) is 13.4. The van der Waals surface area contributed by atoms with Crippen molar-refractivity contribution < 1.29 is 13.6 Å². The lowest BCUT2D eigenvalue weighted by Gasteiger charge is -2.26. The molecule has 1 heterocycles. The number of amides is 1. The Morgan fingerprint density at radius 1 is 1.00 bits per heavy atom. The maximum Gasteiger partial charge on any atom is 0.251 e. The molecule has 1 saturated carbocycles. The second-order valence-corrected chi connectivity index (χ2v) is 10.1. The van der Waals surface area contributed by atoms with Crippen LogP contribution in [0.1, 0.15) is 53.6 Å². The summed E-state index contributed by atoms with van der Waals surface area (Å²) >= 11 is 6.06. The molecule has 1 aliphatic carbocycles. The van der Waals surface area contributed by atoms with Crippen LogP contribution in [0.15, 0.2) is 71.7 Å². The van der Waals surface area contributed by atoms with Crippen LogP contribution in [0.3, 0.4) is 0 Å². The quantitative estimate of drug-likeness (QED) is 0.331. The molecule has 1 N–H and O–H groups in total. The summed E-state index contributed by atoms with van der Waals surface area (Å²) in [6.45, 7) is 1.22. The molecule has 3 aromatic carbocycles. The first-order chi connectivity index (χ1) is 18.0.